The van der Waals surface area contributed by atoms with Crippen molar-refractivity contribution in [1.29, 1.82) is 0 Å². The first kappa shape index (κ1) is 18.7. The van der Waals surface area contributed by atoms with Crippen LogP contribution < -0.4 is 5.32 Å². The summed E-state index contributed by atoms with van der Waals surface area (Å²) >= 11 is 1.29. The lowest BCUT2D eigenvalue weighted by Crippen LogP contribution is -2.39. The standard InChI is InChI=1S/C14H20N6O4S2/c1-9-12(10(2)24-18-9)26(22,23)20-6-4-5-19(7-8-20)14(21)15-13-17-16-11(3)25-13/h4-8H2,1-3H3,(H,15,17,21). The molecule has 3 heterocycles. The number of rotatable bonds is 3. The highest BCUT2D eigenvalue weighted by Gasteiger charge is 2.33. The normalized spacial score (nSPS) is 16.5. The van der Waals surface area contributed by atoms with E-state index >= 15 is 0 Å². The maximum atomic E-state index is 12.9. The number of aryl methyl sites for hydroxylation is 3. The van der Waals surface area contributed by atoms with Gasteiger partial charge in [-0.25, -0.2) is 13.2 Å². The molecule has 10 nitrogen and oxygen atoms in total. The molecule has 1 aliphatic heterocycles. The Labute approximate surface area is 155 Å². The number of nitrogens with zero attached hydrogens (tertiary/aromatic N) is 5. The molecule has 2 aromatic rings. The third-order valence-electron chi connectivity index (χ3n) is 4.05. The van der Waals surface area contributed by atoms with E-state index in [2.05, 4.69) is 20.7 Å². The number of carbonyl (C=O) groups excluding carboxylic acids is 1. The van der Waals surface area contributed by atoms with Gasteiger partial charge in [0.25, 0.3) is 0 Å². The van der Waals surface area contributed by atoms with E-state index in [-0.39, 0.29) is 29.8 Å². The van der Waals surface area contributed by atoms with E-state index in [1.165, 1.54) is 15.6 Å². The molecule has 142 valence electrons. The summed E-state index contributed by atoms with van der Waals surface area (Å²) < 4.78 is 32.2. The smallest absolute Gasteiger partial charge is 0.323 e. The Hall–Kier alpha value is -2.05. The van der Waals surface area contributed by atoms with Crippen molar-refractivity contribution in [3.05, 3.63) is 16.5 Å². The number of aromatic nitrogens is 3. The highest BCUT2D eigenvalue weighted by Crippen LogP contribution is 2.24. The van der Waals surface area contributed by atoms with Gasteiger partial charge in [0.1, 0.15) is 15.6 Å². The molecule has 0 radical (unpaired) electrons. The third-order valence-corrected chi connectivity index (χ3v) is 6.95. The molecule has 0 aliphatic carbocycles. The van der Waals surface area contributed by atoms with E-state index in [0.29, 0.717) is 30.3 Å². The summed E-state index contributed by atoms with van der Waals surface area (Å²) in [6.07, 6.45) is 0.533. The van der Waals surface area contributed by atoms with Crippen LogP contribution in [0.2, 0.25) is 0 Å². The van der Waals surface area contributed by atoms with Gasteiger partial charge in [-0.3, -0.25) is 5.32 Å². The molecule has 2 amide bonds. The molecule has 0 atom stereocenters. The molecule has 26 heavy (non-hydrogen) atoms. The van der Waals surface area contributed by atoms with Crippen LogP contribution in [0, 0.1) is 20.8 Å². The largest absolute Gasteiger partial charge is 0.360 e. The zero-order valence-corrected chi connectivity index (χ0v) is 16.4. The van der Waals surface area contributed by atoms with Gasteiger partial charge in [0.05, 0.1) is 0 Å². The molecule has 12 heteroatoms. The van der Waals surface area contributed by atoms with Crippen LogP contribution in [-0.4, -0.2) is 65.2 Å². The zero-order chi connectivity index (χ0) is 18.9. The fourth-order valence-electron chi connectivity index (χ4n) is 2.83. The van der Waals surface area contributed by atoms with Crippen molar-refractivity contribution < 1.29 is 17.7 Å². The minimum Gasteiger partial charge on any atom is -0.360 e. The van der Waals surface area contributed by atoms with Crippen molar-refractivity contribution in [3.8, 4) is 0 Å². The van der Waals surface area contributed by atoms with Crippen molar-refractivity contribution in [2.24, 2.45) is 0 Å². The quantitative estimate of drug-likeness (QED) is 0.826. The minimum absolute atomic E-state index is 0.111. The Bertz CT molecular complexity index is 887. The molecule has 0 unspecified atom stereocenters. The Morgan fingerprint density at radius 3 is 2.54 bits per heavy atom. The van der Waals surface area contributed by atoms with Gasteiger partial charge in [-0.15, -0.1) is 10.2 Å². The first-order valence-corrected chi connectivity index (χ1v) is 10.3. The topological polar surface area (TPSA) is 122 Å². The molecule has 0 spiro atoms. The van der Waals surface area contributed by atoms with Gasteiger partial charge in [-0.2, -0.15) is 4.31 Å². The number of anilines is 1. The van der Waals surface area contributed by atoms with Crippen molar-refractivity contribution in [3.63, 3.8) is 0 Å². The van der Waals surface area contributed by atoms with Crippen LogP contribution in [0.3, 0.4) is 0 Å². The highest BCUT2D eigenvalue weighted by molar-refractivity contribution is 7.89. The Morgan fingerprint density at radius 1 is 1.15 bits per heavy atom. The third kappa shape index (κ3) is 3.71. The van der Waals surface area contributed by atoms with Crippen molar-refractivity contribution >= 4 is 32.5 Å². The Balaban J connectivity index is 1.69. The summed E-state index contributed by atoms with van der Waals surface area (Å²) in [5.74, 6) is 0.271. The number of sulfonamides is 1. The van der Waals surface area contributed by atoms with Crippen LogP contribution in [0.1, 0.15) is 22.9 Å². The number of hydrogen-bond donors (Lipinski definition) is 1. The summed E-state index contributed by atoms with van der Waals surface area (Å²) in [6.45, 7) is 6.25. The van der Waals surface area contributed by atoms with Gasteiger partial charge >= 0.3 is 6.03 Å². The van der Waals surface area contributed by atoms with Gasteiger partial charge in [0.15, 0.2) is 5.76 Å². The second-order valence-corrected chi connectivity index (χ2v) is 9.01. The van der Waals surface area contributed by atoms with E-state index in [4.69, 9.17) is 4.52 Å². The van der Waals surface area contributed by atoms with E-state index < -0.39 is 10.0 Å². The van der Waals surface area contributed by atoms with Gasteiger partial charge in [0.2, 0.25) is 15.2 Å². The van der Waals surface area contributed by atoms with Gasteiger partial charge in [0, 0.05) is 26.2 Å². The lowest BCUT2D eigenvalue weighted by Gasteiger charge is -2.21. The summed E-state index contributed by atoms with van der Waals surface area (Å²) in [4.78, 5) is 14.1. The second-order valence-electron chi connectivity index (χ2n) is 5.95. The van der Waals surface area contributed by atoms with Crippen LogP contribution in [-0.2, 0) is 10.0 Å². The monoisotopic (exact) mass is 400 g/mol. The molecule has 1 N–H and O–H groups in total. The molecule has 2 aromatic heterocycles. The predicted octanol–water partition coefficient (Wildman–Crippen LogP) is 1.38. The van der Waals surface area contributed by atoms with Gasteiger partial charge < -0.3 is 9.42 Å². The van der Waals surface area contributed by atoms with Crippen LogP contribution in [0.5, 0.6) is 0 Å². The summed E-state index contributed by atoms with van der Waals surface area (Å²) in [5, 5.41) is 15.3. The van der Waals surface area contributed by atoms with Crippen molar-refractivity contribution in [1.82, 2.24) is 24.6 Å². The van der Waals surface area contributed by atoms with Gasteiger partial charge in [-0.1, -0.05) is 16.5 Å². The van der Waals surface area contributed by atoms with E-state index in [9.17, 15) is 13.2 Å². The maximum Gasteiger partial charge on any atom is 0.323 e. The average molecular weight is 400 g/mol. The molecule has 1 aliphatic rings. The van der Waals surface area contributed by atoms with E-state index in [0.717, 1.165) is 5.01 Å². The lowest BCUT2D eigenvalue weighted by atomic mass is 10.4. The zero-order valence-electron chi connectivity index (χ0n) is 14.7. The van der Waals surface area contributed by atoms with Crippen LogP contribution in [0.25, 0.3) is 0 Å². The lowest BCUT2D eigenvalue weighted by molar-refractivity contribution is 0.214. The molecule has 1 fully saturated rings. The molecule has 3 rings (SSSR count). The van der Waals surface area contributed by atoms with E-state index in [1.807, 2.05) is 0 Å². The number of nitrogens with one attached hydrogen (secondary N) is 1. The fourth-order valence-corrected chi connectivity index (χ4v) is 5.17. The van der Waals surface area contributed by atoms with Crippen LogP contribution in [0.15, 0.2) is 9.42 Å². The maximum absolute atomic E-state index is 12.9. The first-order valence-electron chi connectivity index (χ1n) is 8.08. The Morgan fingerprint density at radius 2 is 1.92 bits per heavy atom. The highest BCUT2D eigenvalue weighted by atomic mass is 32.2. The number of amides is 2. The fraction of sp³-hybridized carbons (Fsp3) is 0.571. The minimum atomic E-state index is -3.71. The van der Waals surface area contributed by atoms with Gasteiger partial charge in [-0.05, 0) is 27.2 Å². The average Bonchev–Trinajstić information content (AvgIpc) is 3.02. The van der Waals surface area contributed by atoms with Crippen molar-refractivity contribution in [2.75, 3.05) is 31.5 Å². The van der Waals surface area contributed by atoms with E-state index in [1.54, 1.807) is 25.7 Å². The second kappa shape index (κ2) is 7.29. The number of urea groups is 1. The van der Waals surface area contributed by atoms with Crippen molar-refractivity contribution in [2.45, 2.75) is 32.1 Å². The summed E-state index contributed by atoms with van der Waals surface area (Å²) in [5.41, 5.74) is 0.341. The number of hydrogen-bond acceptors (Lipinski definition) is 8. The predicted molar refractivity (Wildman–Crippen MR) is 94.6 cm³/mol. The molecule has 0 saturated carbocycles. The molecular formula is C14H20N6O4S2. The molecular weight excluding hydrogens is 380 g/mol. The summed E-state index contributed by atoms with van der Waals surface area (Å²) in [6, 6.07) is -0.308. The molecule has 1 saturated heterocycles. The Kier molecular flexibility index (Phi) is 5.25. The van der Waals surface area contributed by atoms with Crippen LogP contribution in [0.4, 0.5) is 9.93 Å². The molecule has 0 bridgehead atoms. The SMILES string of the molecule is Cc1nnc(NC(=O)N2CCCN(S(=O)(=O)c3c(C)noc3C)CC2)s1. The molecule has 0 aromatic carbocycles. The number of carbonyl (C=O) groups is 1. The first-order chi connectivity index (χ1) is 12.3. The summed E-state index contributed by atoms with van der Waals surface area (Å²) in [7, 11) is -3.71. The van der Waals surface area contributed by atoms with Crippen LogP contribution >= 0.6 is 11.3 Å².